The van der Waals surface area contributed by atoms with Gasteiger partial charge in [-0.3, -0.25) is 0 Å². The molecule has 0 aliphatic heterocycles. The highest BCUT2D eigenvalue weighted by molar-refractivity contribution is 6.12. The van der Waals surface area contributed by atoms with E-state index in [2.05, 4.69) is 97.0 Å². The lowest BCUT2D eigenvalue weighted by atomic mass is 10.1. The smallest absolute Gasteiger partial charge is 0.239 e. The predicted octanol–water partition coefficient (Wildman–Crippen LogP) is 10.00. The van der Waals surface area contributed by atoms with Crippen LogP contribution in [0.5, 0.6) is 0 Å². The number of hydrogen-bond acceptors (Lipinski definition) is 6. The zero-order valence-electron chi connectivity index (χ0n) is 29.8. The number of hydrogen-bond donors (Lipinski definition) is 4. The largest absolute Gasteiger partial charge is 0.366 e. The molecule has 3 aromatic carbocycles. The number of aromatic amines is 2. The van der Waals surface area contributed by atoms with E-state index in [1.165, 1.54) is 0 Å². The molecular formula is C44H35N11. The van der Waals surface area contributed by atoms with Gasteiger partial charge < -0.3 is 29.7 Å². The molecule has 0 radical (unpaired) electrons. The Bertz CT molecular complexity index is 2760. The van der Waals surface area contributed by atoms with E-state index in [9.17, 15) is 0 Å². The first-order chi connectivity index (χ1) is 27.2. The Labute approximate surface area is 315 Å². The number of para-hydroxylation sites is 2. The molecule has 7 heterocycles. The molecule has 11 heteroatoms. The van der Waals surface area contributed by atoms with Crippen molar-refractivity contribution in [2.45, 2.75) is 13.3 Å². The van der Waals surface area contributed by atoms with Crippen LogP contribution in [0.2, 0.25) is 0 Å². The Balaban J connectivity index is 1.23. The number of nitrogens with one attached hydrogen (secondary N) is 4. The van der Waals surface area contributed by atoms with Crippen molar-refractivity contribution in [1.29, 1.82) is 0 Å². The number of benzene rings is 2. The summed E-state index contributed by atoms with van der Waals surface area (Å²) in [6, 6.07) is 28.9. The van der Waals surface area contributed by atoms with Crippen molar-refractivity contribution < 1.29 is 0 Å². The van der Waals surface area contributed by atoms with Gasteiger partial charge in [0.1, 0.15) is 5.82 Å². The Hall–Kier alpha value is -7.66. The monoisotopic (exact) mass is 717 g/mol. The van der Waals surface area contributed by atoms with Crippen LogP contribution in [0.15, 0.2) is 159 Å². The number of rotatable bonds is 11. The molecule has 11 nitrogen and oxygen atoms in total. The molecule has 4 N–H and O–H groups in total. The summed E-state index contributed by atoms with van der Waals surface area (Å²) in [5.41, 5.74) is 10.3. The third-order valence-electron chi connectivity index (χ3n) is 9.71. The van der Waals surface area contributed by atoms with Gasteiger partial charge in [-0.15, -0.1) is 0 Å². The van der Waals surface area contributed by atoms with Crippen LogP contribution in [-0.4, -0.2) is 43.4 Å². The summed E-state index contributed by atoms with van der Waals surface area (Å²) < 4.78 is 6.26. The molecule has 266 valence electrons. The third kappa shape index (κ3) is 5.80. The summed E-state index contributed by atoms with van der Waals surface area (Å²) >= 11 is 0. The minimum atomic E-state index is 0.525. The molecular weight excluding hydrogens is 683 g/mol. The molecule has 0 saturated heterocycles. The molecule has 10 aromatic rings. The minimum Gasteiger partial charge on any atom is -0.366 e. The summed E-state index contributed by atoms with van der Waals surface area (Å²) in [5, 5.41) is 9.21. The van der Waals surface area contributed by atoms with E-state index in [1.807, 2.05) is 103 Å². The van der Waals surface area contributed by atoms with Crippen molar-refractivity contribution in [3.63, 3.8) is 0 Å². The van der Waals surface area contributed by atoms with E-state index >= 15 is 0 Å². The zero-order chi connectivity index (χ0) is 36.7. The SMILES string of the molecule is C/C=C\C=C/Cc1nc2nc(-c3cn(-c4ccccc4)cc3Nc3cc[nH]c3)c3ccc4c(-c5cn(-c6ccccc6)cc5Nc5cc[nH]c5)nc(n1)n2c34. The molecule has 0 spiro atoms. The van der Waals surface area contributed by atoms with Gasteiger partial charge in [0.15, 0.2) is 0 Å². The summed E-state index contributed by atoms with van der Waals surface area (Å²) in [5.74, 6) is 1.70. The van der Waals surface area contributed by atoms with Gasteiger partial charge in [-0.25, -0.2) is 14.4 Å². The topological polar surface area (TPSA) is 121 Å². The molecule has 0 amide bonds. The second-order valence-electron chi connectivity index (χ2n) is 13.3. The van der Waals surface area contributed by atoms with Crippen LogP contribution >= 0.6 is 0 Å². The summed E-state index contributed by atoms with van der Waals surface area (Å²) in [6.45, 7) is 2.00. The van der Waals surface area contributed by atoms with Crippen LogP contribution in [0.1, 0.15) is 12.7 Å². The number of anilines is 4. The lowest BCUT2D eigenvalue weighted by Gasteiger charge is -2.15. The average molecular weight is 718 g/mol. The normalized spacial score (nSPS) is 12.0. The molecule has 0 bridgehead atoms. The van der Waals surface area contributed by atoms with E-state index in [4.69, 9.17) is 19.9 Å². The Kier molecular flexibility index (Phi) is 7.80. The summed E-state index contributed by atoms with van der Waals surface area (Å²) in [4.78, 5) is 27.1. The lowest BCUT2D eigenvalue weighted by Crippen LogP contribution is -2.09. The fourth-order valence-corrected chi connectivity index (χ4v) is 7.17. The van der Waals surface area contributed by atoms with E-state index < -0.39 is 0 Å². The lowest BCUT2D eigenvalue weighted by molar-refractivity contribution is 0.936. The van der Waals surface area contributed by atoms with E-state index in [0.29, 0.717) is 23.8 Å². The van der Waals surface area contributed by atoms with Crippen molar-refractivity contribution in [1.82, 2.24) is 43.4 Å². The molecule has 10 rings (SSSR count). The molecule has 0 aliphatic carbocycles. The Morgan fingerprint density at radius 1 is 0.600 bits per heavy atom. The van der Waals surface area contributed by atoms with Gasteiger partial charge in [-0.2, -0.15) is 9.97 Å². The van der Waals surface area contributed by atoms with Crippen molar-refractivity contribution >= 4 is 50.6 Å². The van der Waals surface area contributed by atoms with Gasteiger partial charge >= 0.3 is 0 Å². The second kappa shape index (κ2) is 13.4. The highest BCUT2D eigenvalue weighted by Crippen LogP contribution is 2.43. The number of H-pyrrole nitrogens is 2. The quantitative estimate of drug-likeness (QED) is 0.0989. The van der Waals surface area contributed by atoms with E-state index in [-0.39, 0.29) is 0 Å². The van der Waals surface area contributed by atoms with Crippen LogP contribution in [0.4, 0.5) is 22.7 Å². The molecule has 55 heavy (non-hydrogen) atoms. The molecule has 0 unspecified atom stereocenters. The van der Waals surface area contributed by atoms with E-state index in [0.717, 1.165) is 72.9 Å². The third-order valence-corrected chi connectivity index (χ3v) is 9.71. The van der Waals surface area contributed by atoms with Crippen molar-refractivity contribution in [3.8, 4) is 33.9 Å². The van der Waals surface area contributed by atoms with Crippen LogP contribution in [0.3, 0.4) is 0 Å². The van der Waals surface area contributed by atoms with Crippen molar-refractivity contribution in [3.05, 3.63) is 165 Å². The number of nitrogens with zero attached hydrogens (tertiary/aromatic N) is 7. The van der Waals surface area contributed by atoms with Crippen molar-refractivity contribution in [2.24, 2.45) is 0 Å². The molecule has 0 atom stereocenters. The fourth-order valence-electron chi connectivity index (χ4n) is 7.17. The first-order valence-electron chi connectivity index (χ1n) is 18.1. The Morgan fingerprint density at radius 3 is 1.60 bits per heavy atom. The highest BCUT2D eigenvalue weighted by Gasteiger charge is 2.25. The summed E-state index contributed by atoms with van der Waals surface area (Å²) in [6.07, 6.45) is 24.8. The maximum absolute atomic E-state index is 5.32. The van der Waals surface area contributed by atoms with Gasteiger partial charge in [-0.1, -0.05) is 60.7 Å². The molecule has 7 aromatic heterocycles. The Morgan fingerprint density at radius 2 is 1.13 bits per heavy atom. The maximum atomic E-state index is 5.32. The van der Waals surface area contributed by atoms with Gasteiger partial charge in [0.2, 0.25) is 11.6 Å². The first kappa shape index (κ1) is 32.0. The molecule has 0 saturated carbocycles. The first-order valence-corrected chi connectivity index (χ1v) is 18.1. The number of allylic oxidation sites excluding steroid dienone is 4. The zero-order valence-corrected chi connectivity index (χ0v) is 29.8. The van der Waals surface area contributed by atoms with Crippen LogP contribution in [0.25, 0.3) is 61.7 Å². The van der Waals surface area contributed by atoms with Crippen LogP contribution < -0.4 is 10.6 Å². The number of aromatic nitrogens is 9. The fraction of sp³-hybridized carbons (Fsp3) is 0.0455. The van der Waals surface area contributed by atoms with Gasteiger partial charge in [0.25, 0.3) is 0 Å². The van der Waals surface area contributed by atoms with Crippen LogP contribution in [-0.2, 0) is 6.42 Å². The van der Waals surface area contributed by atoms with Crippen LogP contribution in [0, 0.1) is 0 Å². The second-order valence-corrected chi connectivity index (χ2v) is 13.3. The predicted molar refractivity (Wildman–Crippen MR) is 220 cm³/mol. The average Bonchev–Trinajstić information content (AvgIpc) is 4.08. The molecule has 0 fully saturated rings. The van der Waals surface area contributed by atoms with Gasteiger partial charge in [-0.05, 0) is 55.5 Å². The van der Waals surface area contributed by atoms with Gasteiger partial charge in [0, 0.05) is 89.3 Å². The summed E-state index contributed by atoms with van der Waals surface area (Å²) in [7, 11) is 0. The van der Waals surface area contributed by atoms with Gasteiger partial charge in [0.05, 0.1) is 39.7 Å². The highest BCUT2D eigenvalue weighted by atomic mass is 15.2. The molecule has 0 aliphatic rings. The minimum absolute atomic E-state index is 0.525. The maximum Gasteiger partial charge on any atom is 0.239 e. The van der Waals surface area contributed by atoms with E-state index in [1.54, 1.807) is 0 Å². The standard InChI is InChI=1S/C44H35N11/c1-2-3-4-11-16-39-49-43-51-40(35-25-53(31-12-7-5-8-13-31)27-37(35)47-29-19-21-45-23-29)33-17-18-34-41(52-44(50-39)55(43)42(33)34)36-26-54(32-14-9-6-10-15-32)28-38(36)48-30-20-22-46-24-30/h2-15,17-28,45-48H,16H2,1H3/b3-2-,11-4-. The van der Waals surface area contributed by atoms with Crippen molar-refractivity contribution in [2.75, 3.05) is 10.6 Å².